The predicted molar refractivity (Wildman–Crippen MR) is 144 cm³/mol. The number of Topliss-reactive ketones (excluding diaryl/α,β-unsaturated/α-hetero) is 1. The van der Waals surface area contributed by atoms with Crippen LogP contribution in [0.15, 0.2) is 84.4 Å². The number of esters is 2. The van der Waals surface area contributed by atoms with Gasteiger partial charge in [0.15, 0.2) is 23.0 Å². The Balaban J connectivity index is 1.79. The molecule has 8 nitrogen and oxygen atoms in total. The van der Waals surface area contributed by atoms with Crippen molar-refractivity contribution in [3.05, 3.63) is 113 Å². The Morgan fingerprint density at radius 2 is 1.41 bits per heavy atom. The Kier molecular flexibility index (Phi) is 7.27. The fourth-order valence-corrected chi connectivity index (χ4v) is 5.29. The van der Waals surface area contributed by atoms with Gasteiger partial charge in [-0.05, 0) is 31.6 Å². The molecule has 2 aliphatic heterocycles. The fraction of sp³-hybridized carbons (Fsp3) is 0.226. The molecule has 3 aromatic rings. The van der Waals surface area contributed by atoms with Gasteiger partial charge in [-0.2, -0.15) is 0 Å². The summed E-state index contributed by atoms with van der Waals surface area (Å²) in [5.41, 5.74) is -4.38. The second-order valence-corrected chi connectivity index (χ2v) is 9.54. The normalized spacial score (nSPS) is 18.7. The maximum atomic E-state index is 14.9. The summed E-state index contributed by atoms with van der Waals surface area (Å²) in [7, 11) is 0. The van der Waals surface area contributed by atoms with E-state index in [0.29, 0.717) is 5.56 Å². The fourth-order valence-electron chi connectivity index (χ4n) is 5.29. The lowest BCUT2D eigenvalue weighted by Gasteiger charge is -2.32. The van der Waals surface area contributed by atoms with Crippen molar-refractivity contribution < 1.29 is 37.4 Å². The van der Waals surface area contributed by atoms with Gasteiger partial charge in [-0.25, -0.2) is 18.4 Å². The second-order valence-electron chi connectivity index (χ2n) is 9.54. The van der Waals surface area contributed by atoms with Crippen molar-refractivity contribution in [1.82, 2.24) is 5.32 Å². The Morgan fingerprint density at radius 3 is 2.00 bits per heavy atom. The van der Waals surface area contributed by atoms with E-state index in [1.807, 2.05) is 0 Å². The Labute approximate surface area is 234 Å². The topological polar surface area (TPSA) is 102 Å². The molecule has 1 spiro atoms. The highest BCUT2D eigenvalue weighted by Gasteiger charge is 2.67. The number of nitrogens with one attached hydrogen (secondary N) is 1. The maximum Gasteiger partial charge on any atom is 0.342 e. The van der Waals surface area contributed by atoms with Crippen LogP contribution in [-0.4, -0.2) is 42.4 Å². The molecule has 0 saturated heterocycles. The lowest BCUT2D eigenvalue weighted by Crippen LogP contribution is -2.63. The lowest BCUT2D eigenvalue weighted by atomic mass is 9.81. The molecule has 5 rings (SSSR count). The van der Waals surface area contributed by atoms with Gasteiger partial charge in [0.2, 0.25) is 5.54 Å². The van der Waals surface area contributed by atoms with Gasteiger partial charge in [0.05, 0.1) is 25.4 Å². The standard InChI is InChI=1S/C31H26F2N2O6/c1-3-40-28(38)30(29(39)41-4-2)17-22(26(36)20-13-9-6-10-14-20)31(34-30)21-15-23(32)24(33)16-25(21)35(27(31)37)18-19-11-7-5-8-12-19/h5-17,34H,3-4,18H2,1-2H3/t31-/m0/s1. The third kappa shape index (κ3) is 4.40. The summed E-state index contributed by atoms with van der Waals surface area (Å²) in [6.45, 7) is 2.72. The SMILES string of the molecule is CCOC(=O)C1(C(=O)OCC)C=C(C(=O)c2ccccc2)[C@]2(N1)C(=O)N(Cc1ccccc1)c1cc(F)c(F)cc12. The van der Waals surface area contributed by atoms with Crippen LogP contribution in [0.1, 0.15) is 35.3 Å². The number of halogens is 2. The molecule has 0 radical (unpaired) electrons. The molecular formula is C31H26F2N2O6. The summed E-state index contributed by atoms with van der Waals surface area (Å²) < 4.78 is 39.9. The Hall–Kier alpha value is -4.70. The molecule has 0 unspecified atom stereocenters. The molecule has 2 aliphatic rings. The first-order valence-electron chi connectivity index (χ1n) is 13.0. The molecule has 1 amide bonds. The van der Waals surface area contributed by atoms with E-state index in [9.17, 15) is 28.0 Å². The van der Waals surface area contributed by atoms with Gasteiger partial charge < -0.3 is 14.4 Å². The van der Waals surface area contributed by atoms with E-state index < -0.39 is 46.3 Å². The van der Waals surface area contributed by atoms with Crippen molar-refractivity contribution in [3.8, 4) is 0 Å². The number of ether oxygens (including phenoxy) is 2. The van der Waals surface area contributed by atoms with Crippen molar-refractivity contribution >= 4 is 29.3 Å². The van der Waals surface area contributed by atoms with Crippen molar-refractivity contribution in [2.45, 2.75) is 31.5 Å². The quantitative estimate of drug-likeness (QED) is 0.253. The molecule has 210 valence electrons. The smallest absolute Gasteiger partial charge is 0.342 e. The predicted octanol–water partition coefficient (Wildman–Crippen LogP) is 3.98. The van der Waals surface area contributed by atoms with Gasteiger partial charge in [-0.1, -0.05) is 60.7 Å². The van der Waals surface area contributed by atoms with Gasteiger partial charge in [0.1, 0.15) is 0 Å². The van der Waals surface area contributed by atoms with Crippen LogP contribution >= 0.6 is 0 Å². The number of carbonyl (C=O) groups is 4. The lowest BCUT2D eigenvalue weighted by molar-refractivity contribution is -0.163. The molecule has 3 aromatic carbocycles. The minimum atomic E-state index is -2.44. The van der Waals surface area contributed by atoms with Gasteiger partial charge in [-0.3, -0.25) is 14.9 Å². The molecule has 0 bridgehead atoms. The van der Waals surface area contributed by atoms with E-state index in [1.165, 1.54) is 30.9 Å². The van der Waals surface area contributed by atoms with E-state index in [2.05, 4.69) is 5.32 Å². The Morgan fingerprint density at radius 1 is 0.854 bits per heavy atom. The zero-order valence-electron chi connectivity index (χ0n) is 22.3. The number of amides is 1. The summed E-state index contributed by atoms with van der Waals surface area (Å²) in [4.78, 5) is 56.7. The van der Waals surface area contributed by atoms with E-state index in [-0.39, 0.29) is 42.1 Å². The van der Waals surface area contributed by atoms with Crippen LogP contribution < -0.4 is 10.2 Å². The molecule has 2 heterocycles. The minimum Gasteiger partial charge on any atom is -0.464 e. The zero-order valence-corrected chi connectivity index (χ0v) is 22.3. The van der Waals surface area contributed by atoms with E-state index >= 15 is 0 Å². The van der Waals surface area contributed by atoms with Gasteiger partial charge in [0, 0.05) is 22.8 Å². The molecule has 0 aliphatic carbocycles. The third-order valence-electron chi connectivity index (χ3n) is 7.11. The average Bonchev–Trinajstić information content (AvgIpc) is 3.45. The molecule has 0 saturated carbocycles. The summed E-state index contributed by atoms with van der Waals surface area (Å²) in [6.07, 6.45) is 1.02. The maximum absolute atomic E-state index is 14.9. The van der Waals surface area contributed by atoms with Gasteiger partial charge >= 0.3 is 11.9 Å². The third-order valence-corrected chi connectivity index (χ3v) is 7.11. The van der Waals surface area contributed by atoms with Crippen LogP contribution in [0.3, 0.4) is 0 Å². The number of hydrogen-bond acceptors (Lipinski definition) is 7. The molecule has 41 heavy (non-hydrogen) atoms. The number of nitrogens with zero attached hydrogens (tertiary/aromatic N) is 1. The van der Waals surface area contributed by atoms with Crippen molar-refractivity contribution in [1.29, 1.82) is 0 Å². The highest BCUT2D eigenvalue weighted by Crippen LogP contribution is 2.51. The van der Waals surface area contributed by atoms with Gasteiger partial charge in [0.25, 0.3) is 5.91 Å². The van der Waals surface area contributed by atoms with Crippen LogP contribution in [-0.2, 0) is 35.9 Å². The van der Waals surface area contributed by atoms with Crippen LogP contribution in [0, 0.1) is 11.6 Å². The summed E-state index contributed by atoms with van der Waals surface area (Å²) >= 11 is 0. The van der Waals surface area contributed by atoms with Crippen LogP contribution in [0.25, 0.3) is 0 Å². The number of carbonyl (C=O) groups excluding carboxylic acids is 4. The summed E-state index contributed by atoms with van der Waals surface area (Å²) in [5.74, 6) is -6.26. The van der Waals surface area contributed by atoms with Gasteiger partial charge in [-0.15, -0.1) is 0 Å². The highest BCUT2D eigenvalue weighted by atomic mass is 19.2. The molecule has 0 fully saturated rings. The molecular weight excluding hydrogens is 534 g/mol. The van der Waals surface area contributed by atoms with Crippen LogP contribution in [0.2, 0.25) is 0 Å². The molecule has 0 aromatic heterocycles. The molecule has 10 heteroatoms. The van der Waals surface area contributed by atoms with E-state index in [1.54, 1.807) is 48.5 Å². The van der Waals surface area contributed by atoms with Crippen LogP contribution in [0.5, 0.6) is 0 Å². The number of rotatable bonds is 8. The van der Waals surface area contributed by atoms with Crippen molar-refractivity contribution in [2.24, 2.45) is 0 Å². The average molecular weight is 561 g/mol. The van der Waals surface area contributed by atoms with Crippen molar-refractivity contribution in [2.75, 3.05) is 18.1 Å². The second kappa shape index (κ2) is 10.7. The van der Waals surface area contributed by atoms with Crippen molar-refractivity contribution in [3.63, 3.8) is 0 Å². The number of ketones is 1. The largest absolute Gasteiger partial charge is 0.464 e. The minimum absolute atomic E-state index is 0.0273. The molecule has 1 atom stereocenters. The first-order chi connectivity index (χ1) is 19.7. The first kappa shape index (κ1) is 27.9. The first-order valence-corrected chi connectivity index (χ1v) is 13.0. The number of anilines is 1. The van der Waals surface area contributed by atoms with Crippen LogP contribution in [0.4, 0.5) is 14.5 Å². The molecule has 1 N–H and O–H groups in total. The highest BCUT2D eigenvalue weighted by molar-refractivity contribution is 6.24. The Bertz CT molecular complexity index is 1560. The monoisotopic (exact) mass is 560 g/mol. The summed E-state index contributed by atoms with van der Waals surface area (Å²) in [6, 6.07) is 18.3. The number of fused-ring (bicyclic) bond motifs is 2. The summed E-state index contributed by atoms with van der Waals surface area (Å²) in [5, 5.41) is 2.78. The number of benzene rings is 3. The van der Waals surface area contributed by atoms with E-state index in [0.717, 1.165) is 18.2 Å². The number of hydrogen-bond donors (Lipinski definition) is 1. The zero-order chi connectivity index (χ0) is 29.4. The van der Waals surface area contributed by atoms with E-state index in [4.69, 9.17) is 9.47 Å².